The minimum atomic E-state index is 0.0217. The van der Waals surface area contributed by atoms with Crippen LogP contribution < -0.4 is 5.32 Å². The van der Waals surface area contributed by atoms with Crippen molar-refractivity contribution >= 4 is 29.6 Å². The highest BCUT2D eigenvalue weighted by Gasteiger charge is 2.14. The Labute approximate surface area is 163 Å². The fraction of sp³-hybridized carbons (Fsp3) is 0.368. The molecule has 0 aliphatic heterocycles. The van der Waals surface area contributed by atoms with Gasteiger partial charge in [-0.05, 0) is 80.7 Å². The van der Waals surface area contributed by atoms with Crippen LogP contribution in [0.15, 0.2) is 41.6 Å². The average molecular weight is 392 g/mol. The monoisotopic (exact) mass is 391 g/mol. The first-order valence-corrected chi connectivity index (χ1v) is 10.2. The second-order valence-electron chi connectivity index (χ2n) is 6.09. The van der Waals surface area contributed by atoms with Gasteiger partial charge in [-0.15, -0.1) is 11.8 Å². The maximum Gasteiger partial charge on any atom is 0.230 e. The number of hydrogen-bond acceptors (Lipinski definition) is 6. The highest BCUT2D eigenvalue weighted by Crippen LogP contribution is 2.32. The molecule has 5 nitrogen and oxygen atoms in total. The van der Waals surface area contributed by atoms with Gasteiger partial charge in [0.05, 0.1) is 11.1 Å². The molecule has 0 bridgehead atoms. The summed E-state index contributed by atoms with van der Waals surface area (Å²) in [5.41, 5.74) is 2.78. The summed E-state index contributed by atoms with van der Waals surface area (Å²) in [6.07, 6.45) is 3.44. The van der Waals surface area contributed by atoms with Crippen LogP contribution in [-0.2, 0) is 11.3 Å². The lowest BCUT2D eigenvalue weighted by Gasteiger charge is -2.23. The molecule has 0 aliphatic carbocycles. The SMILES string of the molecule is Cc1cc(SN(C)[C@@H](C)SCC(=O)NCc2ccncc2)cc(C)c1O. The van der Waals surface area contributed by atoms with E-state index in [1.54, 1.807) is 36.1 Å². The van der Waals surface area contributed by atoms with E-state index in [0.717, 1.165) is 21.6 Å². The fourth-order valence-corrected chi connectivity index (χ4v) is 4.22. The van der Waals surface area contributed by atoms with Gasteiger partial charge in [0.1, 0.15) is 5.75 Å². The smallest absolute Gasteiger partial charge is 0.230 e. The Kier molecular flexibility index (Phi) is 7.81. The highest BCUT2D eigenvalue weighted by atomic mass is 32.2. The van der Waals surface area contributed by atoms with Crippen LogP contribution in [0.5, 0.6) is 5.75 Å². The first-order chi connectivity index (χ1) is 12.4. The van der Waals surface area contributed by atoms with Gasteiger partial charge in [-0.2, -0.15) is 0 Å². The summed E-state index contributed by atoms with van der Waals surface area (Å²) >= 11 is 3.20. The van der Waals surface area contributed by atoms with Crippen molar-refractivity contribution in [2.45, 2.75) is 37.6 Å². The van der Waals surface area contributed by atoms with E-state index < -0.39 is 0 Å². The predicted octanol–water partition coefficient (Wildman–Crippen LogP) is 3.74. The maximum atomic E-state index is 12.0. The van der Waals surface area contributed by atoms with Crippen molar-refractivity contribution in [2.24, 2.45) is 0 Å². The zero-order chi connectivity index (χ0) is 19.1. The molecule has 0 fully saturated rings. The Balaban J connectivity index is 1.78. The van der Waals surface area contributed by atoms with Crippen molar-refractivity contribution in [3.05, 3.63) is 53.3 Å². The topological polar surface area (TPSA) is 65.5 Å². The number of nitrogens with one attached hydrogen (secondary N) is 1. The molecule has 0 saturated carbocycles. The van der Waals surface area contributed by atoms with Gasteiger partial charge in [-0.3, -0.25) is 9.78 Å². The van der Waals surface area contributed by atoms with Gasteiger partial charge in [0.25, 0.3) is 0 Å². The first kappa shape index (κ1) is 20.6. The molecule has 0 radical (unpaired) electrons. The first-order valence-electron chi connectivity index (χ1n) is 8.35. The number of carbonyl (C=O) groups is 1. The number of aromatic nitrogens is 1. The number of phenolic OH excluding ortho intramolecular Hbond substituents is 1. The molecule has 0 aliphatic rings. The zero-order valence-electron chi connectivity index (χ0n) is 15.5. The highest BCUT2D eigenvalue weighted by molar-refractivity contribution is 8.02. The number of pyridine rings is 1. The summed E-state index contributed by atoms with van der Waals surface area (Å²) in [4.78, 5) is 17.1. The van der Waals surface area contributed by atoms with E-state index in [1.165, 1.54) is 0 Å². The van der Waals surface area contributed by atoms with Gasteiger partial charge in [-0.1, -0.05) is 0 Å². The summed E-state index contributed by atoms with van der Waals surface area (Å²) < 4.78 is 2.12. The third kappa shape index (κ3) is 6.23. The van der Waals surface area contributed by atoms with Crippen molar-refractivity contribution in [1.29, 1.82) is 0 Å². The third-order valence-electron chi connectivity index (χ3n) is 3.92. The lowest BCUT2D eigenvalue weighted by Crippen LogP contribution is -2.27. The van der Waals surface area contributed by atoms with E-state index in [-0.39, 0.29) is 11.3 Å². The molecule has 26 heavy (non-hydrogen) atoms. The number of hydrogen-bond donors (Lipinski definition) is 2. The fourth-order valence-electron chi connectivity index (χ4n) is 2.26. The minimum absolute atomic E-state index is 0.0217. The van der Waals surface area contributed by atoms with E-state index in [9.17, 15) is 9.90 Å². The molecule has 2 rings (SSSR count). The molecule has 140 valence electrons. The normalized spacial score (nSPS) is 12.2. The lowest BCUT2D eigenvalue weighted by atomic mass is 10.1. The predicted molar refractivity (Wildman–Crippen MR) is 109 cm³/mol. The van der Waals surface area contributed by atoms with E-state index in [0.29, 0.717) is 18.0 Å². The van der Waals surface area contributed by atoms with Crippen LogP contribution in [0, 0.1) is 13.8 Å². The number of thioether (sulfide) groups is 1. The number of carbonyl (C=O) groups excluding carboxylic acids is 1. The van der Waals surface area contributed by atoms with Crippen molar-refractivity contribution < 1.29 is 9.90 Å². The summed E-state index contributed by atoms with van der Waals surface area (Å²) in [7, 11) is 2.01. The Morgan fingerprint density at radius 3 is 2.50 bits per heavy atom. The largest absolute Gasteiger partial charge is 0.507 e. The van der Waals surface area contributed by atoms with Crippen molar-refractivity contribution in [3.63, 3.8) is 0 Å². The second-order valence-corrected chi connectivity index (χ2v) is 8.62. The van der Waals surface area contributed by atoms with Gasteiger partial charge in [0, 0.05) is 23.8 Å². The molecule has 1 heterocycles. The quantitative estimate of drug-likeness (QED) is 0.528. The average Bonchev–Trinajstić information content (AvgIpc) is 2.63. The van der Waals surface area contributed by atoms with Crippen LogP contribution in [0.25, 0.3) is 0 Å². The molecule has 7 heteroatoms. The number of rotatable bonds is 8. The van der Waals surface area contributed by atoms with Crippen molar-refractivity contribution in [2.75, 3.05) is 12.8 Å². The van der Waals surface area contributed by atoms with Crippen LogP contribution in [0.3, 0.4) is 0 Å². The Morgan fingerprint density at radius 1 is 1.27 bits per heavy atom. The Hall–Kier alpha value is -1.70. The van der Waals surface area contributed by atoms with Gasteiger partial charge in [0.2, 0.25) is 5.91 Å². The number of phenols is 1. The maximum absolute atomic E-state index is 12.0. The number of nitrogens with zero attached hydrogens (tertiary/aromatic N) is 2. The number of aromatic hydroxyl groups is 1. The minimum Gasteiger partial charge on any atom is -0.507 e. The number of aryl methyl sites for hydroxylation is 2. The van der Waals surface area contributed by atoms with Crippen LogP contribution >= 0.6 is 23.7 Å². The van der Waals surface area contributed by atoms with E-state index in [1.807, 2.05) is 45.2 Å². The lowest BCUT2D eigenvalue weighted by molar-refractivity contribution is -0.118. The second kappa shape index (κ2) is 9.85. The van der Waals surface area contributed by atoms with Crippen LogP contribution in [-0.4, -0.2) is 38.5 Å². The van der Waals surface area contributed by atoms with Crippen molar-refractivity contribution in [1.82, 2.24) is 14.6 Å². The zero-order valence-corrected chi connectivity index (χ0v) is 17.2. The standard InChI is InChI=1S/C19H25N3O2S2/c1-13-9-17(10-14(2)19(13)24)26-22(4)15(3)25-12-18(23)21-11-16-5-7-20-8-6-16/h5-10,15,24H,11-12H2,1-4H3,(H,21,23)/t15-/m1/s1. The Bertz CT molecular complexity index is 718. The number of amides is 1. The summed E-state index contributed by atoms with van der Waals surface area (Å²) in [5.74, 6) is 0.781. The molecule has 2 aromatic rings. The van der Waals surface area contributed by atoms with Gasteiger partial charge in [0.15, 0.2) is 0 Å². The van der Waals surface area contributed by atoms with Gasteiger partial charge < -0.3 is 10.4 Å². The third-order valence-corrected chi connectivity index (χ3v) is 6.33. The molecule has 1 atom stereocenters. The molecule has 2 N–H and O–H groups in total. The molecule has 1 aromatic heterocycles. The number of benzene rings is 1. The van der Waals surface area contributed by atoms with E-state index in [4.69, 9.17) is 0 Å². The van der Waals surface area contributed by atoms with E-state index >= 15 is 0 Å². The van der Waals surface area contributed by atoms with Gasteiger partial charge in [-0.25, -0.2) is 4.31 Å². The summed E-state index contributed by atoms with van der Waals surface area (Å²) in [6.45, 7) is 6.40. The van der Waals surface area contributed by atoms with Crippen LogP contribution in [0.4, 0.5) is 0 Å². The molecule has 1 amide bonds. The van der Waals surface area contributed by atoms with E-state index in [2.05, 4.69) is 21.5 Å². The molecule has 0 saturated heterocycles. The molecular formula is C19H25N3O2S2. The van der Waals surface area contributed by atoms with Crippen molar-refractivity contribution in [3.8, 4) is 5.75 Å². The Morgan fingerprint density at radius 2 is 1.88 bits per heavy atom. The molecule has 0 spiro atoms. The van der Waals surface area contributed by atoms with Gasteiger partial charge >= 0.3 is 0 Å². The van der Waals surface area contributed by atoms with Crippen LogP contribution in [0.1, 0.15) is 23.6 Å². The molecular weight excluding hydrogens is 366 g/mol. The summed E-state index contributed by atoms with van der Waals surface area (Å²) in [6, 6.07) is 7.73. The van der Waals surface area contributed by atoms with Crippen LogP contribution in [0.2, 0.25) is 0 Å². The molecule has 0 unspecified atom stereocenters. The summed E-state index contributed by atoms with van der Waals surface area (Å²) in [5, 5.41) is 13.0. The molecule has 1 aromatic carbocycles.